The number of amides is 1. The van der Waals surface area contributed by atoms with Gasteiger partial charge in [-0.05, 0) is 61.1 Å². The van der Waals surface area contributed by atoms with E-state index in [-0.39, 0.29) is 18.5 Å². The normalized spacial score (nSPS) is 12.5. The van der Waals surface area contributed by atoms with Gasteiger partial charge in [-0.3, -0.25) is 4.79 Å². The largest absolute Gasteiger partial charge is 0.487 e. The average Bonchev–Trinajstić information content (AvgIpc) is 3.47. The van der Waals surface area contributed by atoms with Crippen molar-refractivity contribution in [2.75, 3.05) is 51.7 Å². The van der Waals surface area contributed by atoms with Crippen molar-refractivity contribution in [3.8, 4) is 22.9 Å². The third kappa shape index (κ3) is 7.69. The highest BCUT2D eigenvalue weighted by Crippen LogP contribution is 2.33. The van der Waals surface area contributed by atoms with Crippen molar-refractivity contribution >= 4 is 28.9 Å². The topological polar surface area (TPSA) is 151 Å². The zero-order valence-electron chi connectivity index (χ0n) is 24.9. The number of hydrogen-bond donors (Lipinski definition) is 3. The van der Waals surface area contributed by atoms with E-state index in [2.05, 4.69) is 20.3 Å². The molecule has 0 spiro atoms. The first-order valence-corrected chi connectivity index (χ1v) is 15.3. The van der Waals surface area contributed by atoms with Gasteiger partial charge >= 0.3 is 0 Å². The number of nitrogens with two attached hydrogens (primary N) is 1. The first-order chi connectivity index (χ1) is 21.5. The smallest absolute Gasteiger partial charge is 0.265 e. The molecular weight excluding hydrogens is 582 g/mol. The highest BCUT2D eigenvalue weighted by molar-refractivity contribution is 7.14. The first kappa shape index (κ1) is 31.3. The van der Waals surface area contributed by atoms with Crippen molar-refractivity contribution in [2.45, 2.75) is 38.7 Å². The molecule has 11 nitrogen and oxygen atoms in total. The lowest BCUT2D eigenvalue weighted by molar-refractivity contribution is 0.103. The van der Waals surface area contributed by atoms with Crippen LogP contribution >= 0.6 is 11.3 Å². The molecule has 0 atom stereocenters. The molecule has 1 aliphatic rings. The molecule has 0 saturated heterocycles. The molecule has 232 valence electrons. The maximum atomic E-state index is 13.2. The number of rotatable bonds is 14. The number of thiophene rings is 1. The Morgan fingerprint density at radius 3 is 2.48 bits per heavy atom. The predicted octanol–water partition coefficient (Wildman–Crippen LogP) is 4.45. The van der Waals surface area contributed by atoms with E-state index < -0.39 is 0 Å². The number of aliphatic hydroxyl groups is 1. The molecule has 1 amide bonds. The molecule has 0 saturated carbocycles. The maximum absolute atomic E-state index is 13.2. The highest BCUT2D eigenvalue weighted by Gasteiger charge is 2.20. The predicted molar refractivity (Wildman–Crippen MR) is 169 cm³/mol. The summed E-state index contributed by atoms with van der Waals surface area (Å²) in [5.41, 5.74) is 9.79. The van der Waals surface area contributed by atoms with Crippen molar-refractivity contribution in [3.63, 3.8) is 0 Å². The van der Waals surface area contributed by atoms with E-state index in [0.717, 1.165) is 31.2 Å². The summed E-state index contributed by atoms with van der Waals surface area (Å²) >= 11 is 1.54. The van der Waals surface area contributed by atoms with Crippen molar-refractivity contribution in [2.24, 2.45) is 0 Å². The summed E-state index contributed by atoms with van der Waals surface area (Å²) in [5.74, 6) is 1.73. The van der Waals surface area contributed by atoms with Gasteiger partial charge in [-0.1, -0.05) is 18.2 Å². The van der Waals surface area contributed by atoms with Gasteiger partial charge in [-0.25, -0.2) is 4.98 Å². The van der Waals surface area contributed by atoms with E-state index in [1.165, 1.54) is 10.4 Å². The van der Waals surface area contributed by atoms with E-state index in [4.69, 9.17) is 24.7 Å². The van der Waals surface area contributed by atoms with Crippen LogP contribution in [0.1, 0.15) is 49.9 Å². The minimum atomic E-state index is -0.333. The molecule has 2 heterocycles. The van der Waals surface area contributed by atoms with Gasteiger partial charge < -0.3 is 35.1 Å². The number of carbonyl (C=O) groups is 1. The van der Waals surface area contributed by atoms with Crippen molar-refractivity contribution in [3.05, 3.63) is 74.7 Å². The summed E-state index contributed by atoms with van der Waals surface area (Å²) in [4.78, 5) is 28.5. The number of benzene rings is 2. The number of ether oxygens (including phenoxy) is 4. The fourth-order valence-corrected chi connectivity index (χ4v) is 6.20. The summed E-state index contributed by atoms with van der Waals surface area (Å²) in [6.45, 7) is 1.28. The maximum Gasteiger partial charge on any atom is 0.265 e. The Kier molecular flexibility index (Phi) is 10.7. The Bertz CT molecular complexity index is 1570. The van der Waals surface area contributed by atoms with Crippen LogP contribution in [0.3, 0.4) is 0 Å². The van der Waals surface area contributed by atoms with Crippen molar-refractivity contribution < 1.29 is 28.8 Å². The molecule has 44 heavy (non-hydrogen) atoms. The fraction of sp³-hybridized carbons (Fsp3) is 0.375. The van der Waals surface area contributed by atoms with Crippen LogP contribution in [0.5, 0.6) is 11.5 Å². The molecule has 0 bridgehead atoms. The van der Waals surface area contributed by atoms with E-state index >= 15 is 0 Å². The summed E-state index contributed by atoms with van der Waals surface area (Å²) in [6, 6.07) is 12.9. The molecule has 0 radical (unpaired) electrons. The zero-order chi connectivity index (χ0) is 30.9. The molecule has 2 aromatic heterocycles. The monoisotopic (exact) mass is 619 g/mol. The number of carbonyl (C=O) groups excluding carboxylic acids is 1. The van der Waals surface area contributed by atoms with Crippen LogP contribution in [0.25, 0.3) is 11.4 Å². The lowest BCUT2D eigenvalue weighted by atomic mass is 9.99. The molecule has 12 heteroatoms. The van der Waals surface area contributed by atoms with Crippen LogP contribution in [-0.2, 0) is 35.3 Å². The van der Waals surface area contributed by atoms with E-state index in [9.17, 15) is 9.90 Å². The van der Waals surface area contributed by atoms with Gasteiger partial charge in [0, 0.05) is 42.3 Å². The number of nitrogen functional groups attached to an aromatic ring is 1. The Morgan fingerprint density at radius 2 is 1.73 bits per heavy atom. The number of aliphatic hydroxyl groups excluding tert-OH is 1. The Balaban J connectivity index is 1.38. The average molecular weight is 620 g/mol. The zero-order valence-corrected chi connectivity index (χ0v) is 25.7. The number of aromatic nitrogens is 3. The van der Waals surface area contributed by atoms with Gasteiger partial charge in [0.05, 0.1) is 24.7 Å². The number of aryl methyl sites for hydroxylation is 2. The quantitative estimate of drug-likeness (QED) is 0.173. The number of nitrogens with one attached hydrogen (secondary N) is 1. The van der Waals surface area contributed by atoms with Gasteiger partial charge in [-0.15, -0.1) is 11.3 Å². The van der Waals surface area contributed by atoms with Crippen LogP contribution < -0.4 is 20.5 Å². The van der Waals surface area contributed by atoms with Crippen LogP contribution in [-0.4, -0.2) is 66.6 Å². The molecular formula is C32H37N5O6S. The van der Waals surface area contributed by atoms with Gasteiger partial charge in [-0.2, -0.15) is 9.97 Å². The standard InChI is InChI=1S/C32H37N5O6S/c1-40-12-14-42-25-11-10-20(16-26(25)43-15-13-41-2)17-29-35-30(37-32(33)36-29)22-7-5-8-24(23(22)19-38)34-31(39)28-18-21-6-3-4-9-27(21)44-28/h5,7-8,10-11,16,18,38H,3-4,6,9,12-15,17,19H2,1-2H3,(H,34,39)(H2,33,35,36,37). The van der Waals surface area contributed by atoms with Crippen LogP contribution in [0.2, 0.25) is 0 Å². The van der Waals surface area contributed by atoms with Crippen LogP contribution in [0.4, 0.5) is 11.6 Å². The summed E-state index contributed by atoms with van der Waals surface area (Å²) < 4.78 is 21.9. The fourth-order valence-electron chi connectivity index (χ4n) is 5.05. The van der Waals surface area contributed by atoms with Crippen LogP contribution in [0.15, 0.2) is 42.5 Å². The highest BCUT2D eigenvalue weighted by atomic mass is 32.1. The Morgan fingerprint density at radius 1 is 0.955 bits per heavy atom. The Hall–Kier alpha value is -4.10. The number of methoxy groups -OCH3 is 2. The lowest BCUT2D eigenvalue weighted by Crippen LogP contribution is -2.13. The van der Waals surface area contributed by atoms with E-state index in [1.54, 1.807) is 43.8 Å². The van der Waals surface area contributed by atoms with Gasteiger partial charge in [0.25, 0.3) is 5.91 Å². The van der Waals surface area contributed by atoms with E-state index in [1.807, 2.05) is 24.3 Å². The molecule has 0 aliphatic heterocycles. The molecule has 1 aliphatic carbocycles. The minimum Gasteiger partial charge on any atom is -0.487 e. The minimum absolute atomic E-state index is 0.0450. The van der Waals surface area contributed by atoms with Gasteiger partial charge in [0.1, 0.15) is 19.0 Å². The van der Waals surface area contributed by atoms with E-state index in [0.29, 0.717) is 77.7 Å². The second-order valence-corrected chi connectivity index (χ2v) is 11.4. The lowest BCUT2D eigenvalue weighted by Gasteiger charge is -2.15. The summed E-state index contributed by atoms with van der Waals surface area (Å²) in [7, 11) is 3.23. The molecule has 5 rings (SSSR count). The number of hydrogen-bond acceptors (Lipinski definition) is 11. The molecule has 4 aromatic rings. The van der Waals surface area contributed by atoms with Crippen molar-refractivity contribution in [1.82, 2.24) is 15.0 Å². The molecule has 0 unspecified atom stereocenters. The molecule has 0 fully saturated rings. The SMILES string of the molecule is COCCOc1ccc(Cc2nc(N)nc(-c3cccc(NC(=O)c4cc5c(s4)CCCC5)c3CO)n2)cc1OCCOC. The second-order valence-electron chi connectivity index (χ2n) is 10.3. The van der Waals surface area contributed by atoms with Gasteiger partial charge in [0.2, 0.25) is 5.95 Å². The van der Waals surface area contributed by atoms with Crippen molar-refractivity contribution in [1.29, 1.82) is 0 Å². The first-order valence-electron chi connectivity index (χ1n) is 14.5. The second kappa shape index (κ2) is 15.1. The molecule has 4 N–H and O–H groups in total. The van der Waals surface area contributed by atoms with Crippen LogP contribution in [0, 0.1) is 0 Å². The number of nitrogens with zero attached hydrogens (tertiary/aromatic N) is 3. The number of anilines is 2. The third-order valence-electron chi connectivity index (χ3n) is 7.20. The summed E-state index contributed by atoms with van der Waals surface area (Å²) in [6.07, 6.45) is 4.67. The van der Waals surface area contributed by atoms with Gasteiger partial charge in [0.15, 0.2) is 17.3 Å². The Labute approximate surface area is 260 Å². The third-order valence-corrected chi connectivity index (χ3v) is 8.44. The number of fused-ring (bicyclic) bond motifs is 1. The molecule has 2 aromatic carbocycles. The summed E-state index contributed by atoms with van der Waals surface area (Å²) in [5, 5.41) is 13.4.